The standard InChI is InChI=1S/C19H27N5O2/c1-3-26-14-18(25)24-11-7-10-23(12-16-8-5-4-6-9-16)17(13-24)19-20-15(2)21-22-19/h4-6,8-9,17H,3,7,10-14H2,1-2H3,(H,20,21,22). The molecule has 2 heterocycles. The maximum atomic E-state index is 12.5. The summed E-state index contributed by atoms with van der Waals surface area (Å²) in [6, 6.07) is 10.4. The number of amides is 1. The van der Waals surface area contributed by atoms with Gasteiger partial charge in [-0.2, -0.15) is 5.10 Å². The van der Waals surface area contributed by atoms with Crippen molar-refractivity contribution in [1.29, 1.82) is 0 Å². The van der Waals surface area contributed by atoms with E-state index in [2.05, 4.69) is 44.3 Å². The first kappa shape index (κ1) is 18.5. The van der Waals surface area contributed by atoms with Crippen molar-refractivity contribution in [3.05, 3.63) is 47.5 Å². The van der Waals surface area contributed by atoms with Gasteiger partial charge < -0.3 is 9.64 Å². The Hall–Kier alpha value is -2.25. The van der Waals surface area contributed by atoms with Crippen molar-refractivity contribution >= 4 is 5.91 Å². The highest BCUT2D eigenvalue weighted by atomic mass is 16.5. The molecule has 0 aliphatic carbocycles. The normalized spacial score (nSPS) is 18.7. The number of hydrogen-bond acceptors (Lipinski definition) is 5. The fraction of sp³-hybridized carbons (Fsp3) is 0.526. The number of nitrogens with zero attached hydrogens (tertiary/aromatic N) is 4. The molecule has 2 aromatic rings. The van der Waals surface area contributed by atoms with E-state index in [1.54, 1.807) is 0 Å². The number of carbonyl (C=O) groups is 1. The average Bonchev–Trinajstić information content (AvgIpc) is 2.97. The number of aryl methyl sites for hydroxylation is 1. The lowest BCUT2D eigenvalue weighted by Gasteiger charge is -2.30. The number of H-pyrrole nitrogens is 1. The van der Waals surface area contributed by atoms with Crippen LogP contribution in [0.25, 0.3) is 0 Å². The molecular weight excluding hydrogens is 330 g/mol. The van der Waals surface area contributed by atoms with Crippen molar-refractivity contribution in [2.75, 3.05) is 32.8 Å². The van der Waals surface area contributed by atoms with E-state index in [1.807, 2.05) is 24.8 Å². The lowest BCUT2D eigenvalue weighted by Crippen LogP contribution is -2.39. The second-order valence-corrected chi connectivity index (χ2v) is 6.58. The molecule has 1 aromatic carbocycles. The molecule has 1 aromatic heterocycles. The van der Waals surface area contributed by atoms with E-state index in [-0.39, 0.29) is 18.6 Å². The van der Waals surface area contributed by atoms with E-state index < -0.39 is 0 Å². The monoisotopic (exact) mass is 357 g/mol. The van der Waals surface area contributed by atoms with Gasteiger partial charge in [0.1, 0.15) is 12.4 Å². The summed E-state index contributed by atoms with van der Waals surface area (Å²) in [6.45, 7) is 7.49. The topological polar surface area (TPSA) is 74.3 Å². The SMILES string of the molecule is CCOCC(=O)N1CCCN(Cc2ccccc2)C(c2n[nH]c(C)n2)C1. The van der Waals surface area contributed by atoms with E-state index in [1.165, 1.54) is 5.56 Å². The van der Waals surface area contributed by atoms with E-state index in [0.717, 1.165) is 37.7 Å². The first-order chi connectivity index (χ1) is 12.7. The zero-order valence-electron chi connectivity index (χ0n) is 15.5. The molecule has 1 saturated heterocycles. The summed E-state index contributed by atoms with van der Waals surface area (Å²) in [7, 11) is 0. The highest BCUT2D eigenvalue weighted by molar-refractivity contribution is 5.77. The van der Waals surface area contributed by atoms with Gasteiger partial charge in [0, 0.05) is 32.8 Å². The highest BCUT2D eigenvalue weighted by Crippen LogP contribution is 2.25. The molecule has 140 valence electrons. The molecule has 1 fully saturated rings. The lowest BCUT2D eigenvalue weighted by molar-refractivity contribution is -0.136. The summed E-state index contributed by atoms with van der Waals surface area (Å²) < 4.78 is 5.31. The third-order valence-corrected chi connectivity index (χ3v) is 4.63. The molecule has 0 radical (unpaired) electrons. The second kappa shape index (κ2) is 8.91. The first-order valence-corrected chi connectivity index (χ1v) is 9.19. The van der Waals surface area contributed by atoms with Crippen molar-refractivity contribution in [2.45, 2.75) is 32.9 Å². The van der Waals surface area contributed by atoms with Crippen LogP contribution in [0.4, 0.5) is 0 Å². The maximum absolute atomic E-state index is 12.5. The fourth-order valence-electron chi connectivity index (χ4n) is 3.30. The Balaban J connectivity index is 1.80. The van der Waals surface area contributed by atoms with Gasteiger partial charge in [0.05, 0.1) is 6.04 Å². The molecule has 1 aliphatic rings. The minimum absolute atomic E-state index is 0.0330. The van der Waals surface area contributed by atoms with Crippen molar-refractivity contribution < 1.29 is 9.53 Å². The van der Waals surface area contributed by atoms with Gasteiger partial charge >= 0.3 is 0 Å². The minimum Gasteiger partial charge on any atom is -0.372 e. The Kier molecular flexibility index (Phi) is 6.35. The molecule has 1 amide bonds. The zero-order valence-corrected chi connectivity index (χ0v) is 15.5. The Bertz CT molecular complexity index is 703. The van der Waals surface area contributed by atoms with E-state index >= 15 is 0 Å². The summed E-state index contributed by atoms with van der Waals surface area (Å²) in [4.78, 5) is 21.3. The van der Waals surface area contributed by atoms with Crippen molar-refractivity contribution in [1.82, 2.24) is 25.0 Å². The number of aromatic nitrogens is 3. The minimum atomic E-state index is -0.0340. The molecule has 3 rings (SSSR count). The molecule has 1 N–H and O–H groups in total. The predicted octanol–water partition coefficient (Wildman–Crippen LogP) is 1.93. The number of carbonyl (C=O) groups excluding carboxylic acids is 1. The number of rotatable bonds is 6. The van der Waals surface area contributed by atoms with E-state index in [9.17, 15) is 4.79 Å². The third kappa shape index (κ3) is 4.68. The van der Waals surface area contributed by atoms with Crippen LogP contribution in [0.3, 0.4) is 0 Å². The van der Waals surface area contributed by atoms with Gasteiger partial charge in [-0.25, -0.2) is 4.98 Å². The second-order valence-electron chi connectivity index (χ2n) is 6.58. The van der Waals surface area contributed by atoms with Gasteiger partial charge in [-0.15, -0.1) is 0 Å². The molecule has 0 spiro atoms. The van der Waals surface area contributed by atoms with Crippen LogP contribution < -0.4 is 0 Å². The van der Waals surface area contributed by atoms with Crippen molar-refractivity contribution in [3.8, 4) is 0 Å². The largest absolute Gasteiger partial charge is 0.372 e. The Morgan fingerprint density at radius 3 is 2.81 bits per heavy atom. The van der Waals surface area contributed by atoms with Crippen molar-refractivity contribution in [3.63, 3.8) is 0 Å². The summed E-state index contributed by atoms with van der Waals surface area (Å²) >= 11 is 0. The molecule has 0 saturated carbocycles. The molecule has 1 unspecified atom stereocenters. The van der Waals surface area contributed by atoms with E-state index in [4.69, 9.17) is 4.74 Å². The number of benzene rings is 1. The molecule has 1 aliphatic heterocycles. The lowest BCUT2D eigenvalue weighted by atomic mass is 10.1. The summed E-state index contributed by atoms with van der Waals surface area (Å²) in [6.07, 6.45) is 0.921. The third-order valence-electron chi connectivity index (χ3n) is 4.63. The molecule has 1 atom stereocenters. The number of nitrogens with one attached hydrogen (secondary N) is 1. The molecule has 0 bridgehead atoms. The van der Waals surface area contributed by atoms with Crippen LogP contribution in [-0.2, 0) is 16.1 Å². The predicted molar refractivity (Wildman–Crippen MR) is 98.4 cm³/mol. The Morgan fingerprint density at radius 2 is 2.12 bits per heavy atom. The molecule has 7 nitrogen and oxygen atoms in total. The van der Waals surface area contributed by atoms with E-state index in [0.29, 0.717) is 13.2 Å². The average molecular weight is 357 g/mol. The van der Waals surface area contributed by atoms with Crippen LogP contribution in [0.15, 0.2) is 30.3 Å². The maximum Gasteiger partial charge on any atom is 0.248 e. The van der Waals surface area contributed by atoms with Crippen LogP contribution in [0.1, 0.15) is 36.6 Å². The van der Waals surface area contributed by atoms with Crippen LogP contribution >= 0.6 is 0 Å². The van der Waals surface area contributed by atoms with Crippen LogP contribution in [0, 0.1) is 6.92 Å². The number of hydrogen-bond donors (Lipinski definition) is 1. The summed E-state index contributed by atoms with van der Waals surface area (Å²) in [5.74, 6) is 1.57. The van der Waals surface area contributed by atoms with Gasteiger partial charge in [0.25, 0.3) is 0 Å². The molecular formula is C19H27N5O2. The number of aromatic amines is 1. The van der Waals surface area contributed by atoms with Gasteiger partial charge in [-0.3, -0.25) is 14.8 Å². The first-order valence-electron chi connectivity index (χ1n) is 9.19. The van der Waals surface area contributed by atoms with Gasteiger partial charge in [0.2, 0.25) is 5.91 Å². The summed E-state index contributed by atoms with van der Waals surface area (Å²) in [5.41, 5.74) is 1.25. The van der Waals surface area contributed by atoms with Gasteiger partial charge in [-0.1, -0.05) is 30.3 Å². The highest BCUT2D eigenvalue weighted by Gasteiger charge is 2.31. The quantitative estimate of drug-likeness (QED) is 0.855. The van der Waals surface area contributed by atoms with Crippen LogP contribution in [0.5, 0.6) is 0 Å². The van der Waals surface area contributed by atoms with Gasteiger partial charge in [-0.05, 0) is 25.8 Å². The smallest absolute Gasteiger partial charge is 0.248 e. The Labute approximate surface area is 154 Å². The zero-order chi connectivity index (χ0) is 18.4. The van der Waals surface area contributed by atoms with Gasteiger partial charge in [0.15, 0.2) is 5.82 Å². The van der Waals surface area contributed by atoms with Crippen LogP contribution in [0.2, 0.25) is 0 Å². The van der Waals surface area contributed by atoms with Crippen molar-refractivity contribution in [2.24, 2.45) is 0 Å². The summed E-state index contributed by atoms with van der Waals surface area (Å²) in [5, 5.41) is 7.32. The fourth-order valence-corrected chi connectivity index (χ4v) is 3.30. The Morgan fingerprint density at radius 1 is 1.31 bits per heavy atom. The van der Waals surface area contributed by atoms with Crippen LogP contribution in [-0.4, -0.2) is 63.7 Å². The molecule has 26 heavy (non-hydrogen) atoms. The molecule has 7 heteroatoms. The number of ether oxygens (including phenoxy) is 1.